The summed E-state index contributed by atoms with van der Waals surface area (Å²) in [5, 5.41) is 13.8. The normalized spacial score (nSPS) is 15.0. The average Bonchev–Trinajstić information content (AvgIpc) is 3.20. The molecule has 2 N–H and O–H groups in total. The van der Waals surface area contributed by atoms with Crippen LogP contribution in [0.15, 0.2) is 85.1 Å². The molecule has 8 nitrogen and oxygen atoms in total. The van der Waals surface area contributed by atoms with Crippen LogP contribution in [0, 0.1) is 0 Å². The van der Waals surface area contributed by atoms with Gasteiger partial charge in [-0.25, -0.2) is 0 Å². The Labute approximate surface area is 369 Å². The number of amides is 1. The highest BCUT2D eigenvalue weighted by atomic mass is 31.2. The van der Waals surface area contributed by atoms with E-state index in [1.54, 1.807) is 6.08 Å². The molecule has 3 unspecified atom stereocenters. The molecule has 0 radical (unpaired) electrons. The van der Waals surface area contributed by atoms with E-state index in [9.17, 15) is 19.4 Å². The lowest BCUT2D eigenvalue weighted by molar-refractivity contribution is -0.870. The zero-order valence-electron chi connectivity index (χ0n) is 39.1. The lowest BCUT2D eigenvalue weighted by Gasteiger charge is -2.29. The third-order valence-corrected chi connectivity index (χ3v) is 11.0. The zero-order valence-corrected chi connectivity index (χ0v) is 40.0. The molecule has 346 valence electrons. The quantitative estimate of drug-likeness (QED) is 0.0274. The van der Waals surface area contributed by atoms with Gasteiger partial charge < -0.3 is 28.8 Å². The maximum absolute atomic E-state index is 12.9. The number of hydrogen-bond donors (Lipinski definition) is 2. The molecule has 0 heterocycles. The SMILES string of the molecule is CC/C=C\C/C=C\C/C=C\C/C=C\CCCCCCC(=O)NC(COP(=O)([O-])OCC[N+](C)(C)C)C(O)/C=C/CC/C=C/CC/C=C/CCCCCCCCCCCCC. The Bertz CT molecular complexity index is 1250. The Hall–Kier alpha value is -2.32. The molecule has 0 saturated heterocycles. The largest absolute Gasteiger partial charge is 0.756 e. The molecule has 0 fully saturated rings. The molecule has 0 spiro atoms. The van der Waals surface area contributed by atoms with Crippen molar-refractivity contribution in [2.24, 2.45) is 0 Å². The number of rotatable bonds is 42. The zero-order chi connectivity index (χ0) is 44.3. The minimum absolute atomic E-state index is 0.0186. The summed E-state index contributed by atoms with van der Waals surface area (Å²) in [6.07, 6.45) is 57.8. The van der Waals surface area contributed by atoms with Gasteiger partial charge in [0.1, 0.15) is 13.2 Å². The molecule has 3 atom stereocenters. The van der Waals surface area contributed by atoms with Crippen molar-refractivity contribution >= 4 is 13.7 Å². The second kappa shape index (κ2) is 42.0. The van der Waals surface area contributed by atoms with Crippen LogP contribution in [0.4, 0.5) is 0 Å². The Balaban J connectivity index is 4.51. The molecule has 0 aromatic heterocycles. The van der Waals surface area contributed by atoms with E-state index >= 15 is 0 Å². The molecule has 60 heavy (non-hydrogen) atoms. The van der Waals surface area contributed by atoms with E-state index in [0.29, 0.717) is 17.4 Å². The molecule has 0 bridgehead atoms. The van der Waals surface area contributed by atoms with Gasteiger partial charge in [0.2, 0.25) is 5.91 Å². The Morgan fingerprint density at radius 1 is 0.600 bits per heavy atom. The summed E-state index contributed by atoms with van der Waals surface area (Å²) in [5.41, 5.74) is 0. The van der Waals surface area contributed by atoms with Gasteiger partial charge in [-0.3, -0.25) is 9.36 Å². The van der Waals surface area contributed by atoms with Crippen molar-refractivity contribution in [1.29, 1.82) is 0 Å². The first kappa shape index (κ1) is 57.7. The monoisotopic (exact) mass is 859 g/mol. The summed E-state index contributed by atoms with van der Waals surface area (Å²) in [7, 11) is 1.20. The van der Waals surface area contributed by atoms with Crippen LogP contribution in [0.25, 0.3) is 0 Å². The highest BCUT2D eigenvalue weighted by Gasteiger charge is 2.23. The number of carbonyl (C=O) groups is 1. The molecule has 0 rings (SSSR count). The van der Waals surface area contributed by atoms with E-state index in [-0.39, 0.29) is 12.5 Å². The van der Waals surface area contributed by atoms with Gasteiger partial charge in [-0.1, -0.05) is 176 Å². The number of likely N-dealkylation sites (N-methyl/N-ethyl adjacent to an activating group) is 1. The molecule has 0 aliphatic rings. The van der Waals surface area contributed by atoms with Crippen LogP contribution < -0.4 is 10.2 Å². The second-order valence-electron chi connectivity index (χ2n) is 17.1. The predicted molar refractivity (Wildman–Crippen MR) is 256 cm³/mol. The molecular weight excluding hydrogens is 768 g/mol. The predicted octanol–water partition coefficient (Wildman–Crippen LogP) is 13.1. The summed E-state index contributed by atoms with van der Waals surface area (Å²) >= 11 is 0. The average molecular weight is 859 g/mol. The van der Waals surface area contributed by atoms with Gasteiger partial charge in [0.05, 0.1) is 39.9 Å². The Morgan fingerprint density at radius 2 is 1.03 bits per heavy atom. The summed E-state index contributed by atoms with van der Waals surface area (Å²) < 4.78 is 23.2. The van der Waals surface area contributed by atoms with Crippen molar-refractivity contribution in [3.8, 4) is 0 Å². The third-order valence-electron chi connectivity index (χ3n) is 10.1. The Morgan fingerprint density at radius 3 is 1.55 bits per heavy atom. The van der Waals surface area contributed by atoms with Crippen LogP contribution in [0.5, 0.6) is 0 Å². The first-order valence-corrected chi connectivity index (χ1v) is 25.4. The van der Waals surface area contributed by atoms with Crippen LogP contribution in [-0.2, 0) is 18.4 Å². The van der Waals surface area contributed by atoms with Gasteiger partial charge in [0.25, 0.3) is 7.82 Å². The number of hydrogen-bond acceptors (Lipinski definition) is 6. The first-order chi connectivity index (χ1) is 29.0. The Kier molecular flexibility index (Phi) is 40.4. The molecule has 0 aliphatic carbocycles. The van der Waals surface area contributed by atoms with E-state index in [1.807, 2.05) is 27.2 Å². The molecule has 0 aliphatic heterocycles. The van der Waals surface area contributed by atoms with E-state index < -0.39 is 26.6 Å². The number of carbonyl (C=O) groups excluding carboxylic acids is 1. The second-order valence-corrected chi connectivity index (χ2v) is 18.5. The standard InChI is InChI=1S/C51H91N2O6P/c1-6-8-10-12-14-16-18-20-22-24-25-26-27-29-30-32-34-36-38-40-42-44-50(54)49(48-59-60(56,57)58-47-46-53(3,4)5)52-51(55)45-43-41-39-37-35-33-31-28-23-21-19-17-15-13-11-9-7-2/h9,11,15,17,21,23,27,29,31,33-34,36,42,44,49-50,54H,6-8,10,12-14,16,18-20,22,24-26,28,30,32,35,37-41,43,45-48H2,1-5H3,(H-,52,55,56,57)/b11-9-,17-15-,23-21-,29-27+,33-31-,36-34+,44-42+. The van der Waals surface area contributed by atoms with Crippen LogP contribution in [-0.4, -0.2) is 68.5 Å². The van der Waals surface area contributed by atoms with Gasteiger partial charge in [-0.15, -0.1) is 0 Å². The number of quaternary nitrogens is 1. The fraction of sp³-hybridized carbons (Fsp3) is 0.706. The lowest BCUT2D eigenvalue weighted by atomic mass is 10.1. The summed E-state index contributed by atoms with van der Waals surface area (Å²) in [6, 6.07) is -0.927. The van der Waals surface area contributed by atoms with Gasteiger partial charge in [0, 0.05) is 6.42 Å². The van der Waals surface area contributed by atoms with Crippen molar-refractivity contribution in [2.45, 2.75) is 193 Å². The highest BCUT2D eigenvalue weighted by molar-refractivity contribution is 7.45. The number of unbranched alkanes of at least 4 members (excludes halogenated alkanes) is 17. The van der Waals surface area contributed by atoms with Crippen LogP contribution in [0.3, 0.4) is 0 Å². The van der Waals surface area contributed by atoms with Gasteiger partial charge in [-0.05, 0) is 83.5 Å². The number of phosphoric ester groups is 1. The number of nitrogens with one attached hydrogen (secondary N) is 1. The number of nitrogens with zero attached hydrogens (tertiary/aromatic N) is 1. The van der Waals surface area contributed by atoms with Crippen molar-refractivity contribution < 1.29 is 32.9 Å². The van der Waals surface area contributed by atoms with Crippen LogP contribution in [0.1, 0.15) is 181 Å². The van der Waals surface area contributed by atoms with Crippen molar-refractivity contribution in [3.05, 3.63) is 85.1 Å². The molecule has 9 heteroatoms. The van der Waals surface area contributed by atoms with Gasteiger partial charge in [0.15, 0.2) is 0 Å². The summed E-state index contributed by atoms with van der Waals surface area (Å²) in [6.45, 7) is 4.47. The van der Waals surface area contributed by atoms with E-state index in [1.165, 1.54) is 77.0 Å². The number of aliphatic hydroxyl groups is 1. The molecule has 1 amide bonds. The van der Waals surface area contributed by atoms with E-state index in [4.69, 9.17) is 9.05 Å². The van der Waals surface area contributed by atoms with Crippen molar-refractivity contribution in [3.63, 3.8) is 0 Å². The highest BCUT2D eigenvalue weighted by Crippen LogP contribution is 2.38. The summed E-state index contributed by atoms with van der Waals surface area (Å²) in [4.78, 5) is 25.3. The fourth-order valence-electron chi connectivity index (χ4n) is 6.29. The van der Waals surface area contributed by atoms with Gasteiger partial charge in [-0.2, -0.15) is 0 Å². The van der Waals surface area contributed by atoms with Crippen molar-refractivity contribution in [1.82, 2.24) is 5.32 Å². The smallest absolute Gasteiger partial charge is 0.268 e. The summed E-state index contributed by atoms with van der Waals surface area (Å²) in [5.74, 6) is -0.238. The topological polar surface area (TPSA) is 108 Å². The number of phosphoric acid groups is 1. The third kappa shape index (κ3) is 43.8. The lowest BCUT2D eigenvalue weighted by Crippen LogP contribution is -2.45. The number of allylic oxidation sites excluding steroid dienone is 13. The first-order valence-electron chi connectivity index (χ1n) is 23.9. The van der Waals surface area contributed by atoms with E-state index in [0.717, 1.165) is 83.5 Å². The van der Waals surface area contributed by atoms with Crippen LogP contribution >= 0.6 is 7.82 Å². The maximum Gasteiger partial charge on any atom is 0.268 e. The minimum Gasteiger partial charge on any atom is -0.756 e. The van der Waals surface area contributed by atoms with Crippen LogP contribution in [0.2, 0.25) is 0 Å². The van der Waals surface area contributed by atoms with Crippen molar-refractivity contribution in [2.75, 3.05) is 40.9 Å². The molecule has 0 saturated carbocycles. The molecule has 0 aromatic carbocycles. The van der Waals surface area contributed by atoms with E-state index in [2.05, 4.69) is 92.1 Å². The fourth-order valence-corrected chi connectivity index (χ4v) is 7.01. The van der Waals surface area contributed by atoms with Gasteiger partial charge >= 0.3 is 0 Å². The number of aliphatic hydroxyl groups excluding tert-OH is 1. The maximum atomic E-state index is 12.9. The minimum atomic E-state index is -4.61. The molecular formula is C51H91N2O6P. The molecule has 0 aromatic rings.